The van der Waals surface area contributed by atoms with Crippen LogP contribution in [-0.4, -0.2) is 60.0 Å². The normalized spacial score (nSPS) is 14.3. The number of hydrogen-bond donors (Lipinski definition) is 2. The number of hydrogen-bond acceptors (Lipinski definition) is 6. The van der Waals surface area contributed by atoms with Gasteiger partial charge in [0.25, 0.3) is 0 Å². The molecule has 0 fully saturated rings. The standard InChI is InChI=1S/C28H41NO5S/c1-6-7-15-25(27(32)34-28(2,3)4)29-26(31)22(18-35-19-23(17-30)33-5)16-21-13-10-12-20-11-8-9-14-24(20)21/h8-14,22-23,25,30H,6-7,15-19H2,1-5H3,(H,29,31)/t22-,23+,25+/m1/s1. The van der Waals surface area contributed by atoms with E-state index in [4.69, 9.17) is 9.47 Å². The quantitative estimate of drug-likeness (QED) is 0.362. The lowest BCUT2D eigenvalue weighted by atomic mass is 9.95. The number of carbonyl (C=O) groups is 2. The molecule has 35 heavy (non-hydrogen) atoms. The summed E-state index contributed by atoms with van der Waals surface area (Å²) in [6.45, 7) is 7.48. The maximum atomic E-state index is 13.5. The fourth-order valence-corrected chi connectivity index (χ4v) is 5.01. The highest BCUT2D eigenvalue weighted by atomic mass is 32.2. The highest BCUT2D eigenvalue weighted by Gasteiger charge is 2.29. The fourth-order valence-electron chi connectivity index (χ4n) is 3.82. The maximum Gasteiger partial charge on any atom is 0.329 e. The van der Waals surface area contributed by atoms with E-state index in [2.05, 4.69) is 36.5 Å². The number of unbranched alkanes of at least 4 members (excludes halogenated alkanes) is 1. The number of esters is 1. The van der Waals surface area contributed by atoms with Crippen LogP contribution < -0.4 is 5.32 Å². The lowest BCUT2D eigenvalue weighted by Crippen LogP contribution is -2.47. The van der Waals surface area contributed by atoms with Crippen LogP contribution in [0.25, 0.3) is 10.8 Å². The van der Waals surface area contributed by atoms with Gasteiger partial charge >= 0.3 is 5.97 Å². The molecule has 3 atom stereocenters. The Morgan fingerprint density at radius 3 is 2.46 bits per heavy atom. The second-order valence-electron chi connectivity index (χ2n) is 9.85. The van der Waals surface area contributed by atoms with Crippen LogP contribution in [0.5, 0.6) is 0 Å². The lowest BCUT2D eigenvalue weighted by molar-refractivity contribution is -0.159. The first-order chi connectivity index (χ1) is 16.7. The molecule has 0 bridgehead atoms. The molecule has 0 aliphatic carbocycles. The Balaban J connectivity index is 2.23. The number of fused-ring (bicyclic) bond motifs is 1. The van der Waals surface area contributed by atoms with Crippen molar-refractivity contribution in [2.75, 3.05) is 25.2 Å². The van der Waals surface area contributed by atoms with Gasteiger partial charge in [0.15, 0.2) is 0 Å². The summed E-state index contributed by atoms with van der Waals surface area (Å²) in [4.78, 5) is 26.4. The summed E-state index contributed by atoms with van der Waals surface area (Å²) in [5.41, 5.74) is 0.473. The Morgan fingerprint density at radius 1 is 1.09 bits per heavy atom. The summed E-state index contributed by atoms with van der Waals surface area (Å²) in [6, 6.07) is 13.6. The molecule has 7 heteroatoms. The van der Waals surface area contributed by atoms with Crippen LogP contribution >= 0.6 is 11.8 Å². The molecule has 0 heterocycles. The third-order valence-electron chi connectivity index (χ3n) is 5.73. The number of thioether (sulfide) groups is 1. The van der Waals surface area contributed by atoms with E-state index in [1.54, 1.807) is 18.9 Å². The van der Waals surface area contributed by atoms with Crippen molar-refractivity contribution in [2.24, 2.45) is 5.92 Å². The molecule has 0 aliphatic heterocycles. The van der Waals surface area contributed by atoms with Crippen LogP contribution in [0.1, 0.15) is 52.5 Å². The predicted molar refractivity (Wildman–Crippen MR) is 144 cm³/mol. The van der Waals surface area contributed by atoms with Crippen molar-refractivity contribution in [1.29, 1.82) is 0 Å². The summed E-state index contributed by atoms with van der Waals surface area (Å²) in [7, 11) is 1.57. The average Bonchev–Trinajstić information content (AvgIpc) is 2.82. The van der Waals surface area contributed by atoms with E-state index in [1.165, 1.54) is 0 Å². The molecule has 2 aromatic carbocycles. The number of amides is 1. The molecule has 6 nitrogen and oxygen atoms in total. The highest BCUT2D eigenvalue weighted by Crippen LogP contribution is 2.24. The van der Waals surface area contributed by atoms with Crippen molar-refractivity contribution < 1.29 is 24.2 Å². The minimum Gasteiger partial charge on any atom is -0.458 e. The summed E-state index contributed by atoms with van der Waals surface area (Å²) in [6.07, 6.45) is 2.55. The van der Waals surface area contributed by atoms with Gasteiger partial charge in [-0.2, -0.15) is 11.8 Å². The fraction of sp³-hybridized carbons (Fsp3) is 0.571. The topological polar surface area (TPSA) is 84.9 Å². The van der Waals surface area contributed by atoms with Crippen LogP contribution in [0.15, 0.2) is 42.5 Å². The zero-order chi connectivity index (χ0) is 25.8. The van der Waals surface area contributed by atoms with Gasteiger partial charge in [-0.1, -0.05) is 62.2 Å². The Morgan fingerprint density at radius 2 is 1.80 bits per heavy atom. The number of aliphatic hydroxyl groups excluding tert-OH is 1. The first kappa shape index (κ1) is 29.1. The molecular weight excluding hydrogens is 462 g/mol. The van der Waals surface area contributed by atoms with Gasteiger partial charge in [-0.05, 0) is 49.9 Å². The van der Waals surface area contributed by atoms with Crippen molar-refractivity contribution in [3.05, 3.63) is 48.0 Å². The largest absolute Gasteiger partial charge is 0.458 e. The molecule has 0 aromatic heterocycles. The first-order valence-corrected chi connectivity index (χ1v) is 13.5. The van der Waals surface area contributed by atoms with E-state index >= 15 is 0 Å². The lowest BCUT2D eigenvalue weighted by Gasteiger charge is -2.26. The monoisotopic (exact) mass is 503 g/mol. The Bertz CT molecular complexity index is 933. The molecule has 1 amide bonds. The van der Waals surface area contributed by atoms with Crippen LogP contribution in [0, 0.1) is 5.92 Å². The molecule has 0 spiro atoms. The first-order valence-electron chi connectivity index (χ1n) is 12.4. The average molecular weight is 504 g/mol. The Labute approximate surface area is 214 Å². The number of methoxy groups -OCH3 is 1. The summed E-state index contributed by atoms with van der Waals surface area (Å²) >= 11 is 1.57. The van der Waals surface area contributed by atoms with Gasteiger partial charge in [0.2, 0.25) is 5.91 Å². The summed E-state index contributed by atoms with van der Waals surface area (Å²) in [5.74, 6) is 0.223. The van der Waals surface area contributed by atoms with Gasteiger partial charge in [-0.3, -0.25) is 4.79 Å². The van der Waals surface area contributed by atoms with Gasteiger partial charge in [-0.15, -0.1) is 0 Å². The van der Waals surface area contributed by atoms with Crippen molar-refractivity contribution in [2.45, 2.75) is 71.1 Å². The van der Waals surface area contributed by atoms with E-state index < -0.39 is 17.6 Å². The number of benzene rings is 2. The molecule has 2 N–H and O–H groups in total. The highest BCUT2D eigenvalue weighted by molar-refractivity contribution is 7.99. The maximum absolute atomic E-state index is 13.5. The zero-order valence-corrected chi connectivity index (χ0v) is 22.5. The Hall–Kier alpha value is -2.09. The molecule has 0 aliphatic rings. The van der Waals surface area contributed by atoms with Crippen molar-refractivity contribution >= 4 is 34.4 Å². The molecule has 2 aromatic rings. The van der Waals surface area contributed by atoms with Gasteiger partial charge in [0.1, 0.15) is 11.6 Å². The van der Waals surface area contributed by atoms with Crippen LogP contribution in [0.2, 0.25) is 0 Å². The molecule has 2 rings (SSSR count). The van der Waals surface area contributed by atoms with Crippen molar-refractivity contribution in [3.63, 3.8) is 0 Å². The summed E-state index contributed by atoms with van der Waals surface area (Å²) in [5, 5.41) is 14.7. The minimum atomic E-state index is -0.675. The zero-order valence-electron chi connectivity index (χ0n) is 21.7. The van der Waals surface area contributed by atoms with Gasteiger partial charge in [0.05, 0.1) is 18.6 Å². The number of aliphatic hydroxyl groups is 1. The summed E-state index contributed by atoms with van der Waals surface area (Å²) < 4.78 is 10.9. The van der Waals surface area contributed by atoms with E-state index in [1.807, 2.05) is 39.0 Å². The molecule has 0 unspecified atom stereocenters. The van der Waals surface area contributed by atoms with E-state index in [0.29, 0.717) is 24.3 Å². The SMILES string of the molecule is CCCC[C@H](NC(=O)[C@@H](CSC[C@H](CO)OC)Cc1cccc2ccccc12)C(=O)OC(C)(C)C. The van der Waals surface area contributed by atoms with Gasteiger partial charge in [-0.25, -0.2) is 4.79 Å². The van der Waals surface area contributed by atoms with Gasteiger partial charge < -0.3 is 19.9 Å². The van der Waals surface area contributed by atoms with Crippen LogP contribution in [0.4, 0.5) is 0 Å². The van der Waals surface area contributed by atoms with Gasteiger partial charge in [0, 0.05) is 18.6 Å². The predicted octanol–water partition coefficient (Wildman–Crippen LogP) is 4.76. The third kappa shape index (κ3) is 9.82. The number of nitrogens with one attached hydrogen (secondary N) is 1. The number of rotatable bonds is 14. The molecular formula is C28H41NO5S. The smallest absolute Gasteiger partial charge is 0.329 e. The number of carbonyl (C=O) groups excluding carboxylic acids is 2. The second kappa shape index (κ2) is 14.5. The van der Waals surface area contributed by atoms with Crippen molar-refractivity contribution in [1.82, 2.24) is 5.32 Å². The van der Waals surface area contributed by atoms with E-state index in [0.717, 1.165) is 29.2 Å². The molecule has 194 valence electrons. The molecule has 0 saturated carbocycles. The van der Waals surface area contributed by atoms with E-state index in [9.17, 15) is 14.7 Å². The number of ether oxygens (including phenoxy) is 2. The van der Waals surface area contributed by atoms with Crippen LogP contribution in [0.3, 0.4) is 0 Å². The molecule has 0 saturated heterocycles. The van der Waals surface area contributed by atoms with Crippen LogP contribution in [-0.2, 0) is 25.5 Å². The minimum absolute atomic E-state index is 0.0680. The molecule has 0 radical (unpaired) electrons. The third-order valence-corrected chi connectivity index (χ3v) is 6.98. The Kier molecular flexibility index (Phi) is 12.0. The van der Waals surface area contributed by atoms with E-state index in [-0.39, 0.29) is 24.5 Å². The second-order valence-corrected chi connectivity index (χ2v) is 10.9. The van der Waals surface area contributed by atoms with Crippen molar-refractivity contribution in [3.8, 4) is 0 Å².